The van der Waals surface area contributed by atoms with Gasteiger partial charge < -0.3 is 69.6 Å². The van der Waals surface area contributed by atoms with Crippen LogP contribution in [0, 0.1) is 0 Å². The fourth-order valence-corrected chi connectivity index (χ4v) is 1.37. The SMILES string of the molecule is O=C([O-])CC(O)(CC(=O)[O-])C(=O)[O-].O=C([O-])CC(O)(CC(=O)[O-])C(=O)[O-].[Co+2].[Ni+2].[Ni+2]. The minimum absolute atomic E-state index is 0. The Kier molecular flexibility index (Phi) is 21.0. The van der Waals surface area contributed by atoms with Gasteiger partial charge >= 0.3 is 49.8 Å². The molecule has 0 atom stereocenters. The third-order valence-corrected chi connectivity index (χ3v) is 2.51. The Bertz CT molecular complexity index is 523. The van der Waals surface area contributed by atoms with Crippen LogP contribution in [-0.4, -0.2) is 57.2 Å². The van der Waals surface area contributed by atoms with E-state index in [1.807, 2.05) is 0 Å². The molecule has 0 aliphatic rings. The summed E-state index contributed by atoms with van der Waals surface area (Å²) in [7, 11) is 0. The van der Waals surface area contributed by atoms with Gasteiger partial charge in [0.2, 0.25) is 0 Å². The van der Waals surface area contributed by atoms with Crippen molar-refractivity contribution in [2.75, 3.05) is 0 Å². The maximum atomic E-state index is 10.1. The van der Waals surface area contributed by atoms with Gasteiger partial charge in [0.25, 0.3) is 0 Å². The number of carboxylic acid groups (broad SMARTS) is 6. The number of hydrogen-bond donors (Lipinski definition) is 2. The first kappa shape index (κ1) is 37.9. The second kappa shape index (κ2) is 16.1. The van der Waals surface area contributed by atoms with Gasteiger partial charge in [-0.2, -0.15) is 0 Å². The summed E-state index contributed by atoms with van der Waals surface area (Å²) in [6, 6.07) is 0. The van der Waals surface area contributed by atoms with Crippen LogP contribution in [0.2, 0.25) is 0 Å². The Morgan fingerprint density at radius 1 is 0.517 bits per heavy atom. The summed E-state index contributed by atoms with van der Waals surface area (Å²) < 4.78 is 0. The fraction of sp³-hybridized carbons (Fsp3) is 0.500. The number of rotatable bonds is 10. The molecule has 0 fully saturated rings. The molecular formula is C12H10CoNi2O14. The number of carboxylic acids is 6. The van der Waals surface area contributed by atoms with Crippen molar-refractivity contribution in [2.24, 2.45) is 0 Å². The molecule has 0 unspecified atom stereocenters. The van der Waals surface area contributed by atoms with Crippen molar-refractivity contribution in [2.45, 2.75) is 36.9 Å². The van der Waals surface area contributed by atoms with Crippen molar-refractivity contribution in [3.05, 3.63) is 0 Å². The van der Waals surface area contributed by atoms with E-state index in [1.165, 1.54) is 0 Å². The van der Waals surface area contributed by atoms with E-state index in [0.29, 0.717) is 0 Å². The maximum Gasteiger partial charge on any atom is 2.00 e. The first-order chi connectivity index (χ1) is 11.6. The summed E-state index contributed by atoms with van der Waals surface area (Å²) in [4.78, 5) is 60.0. The van der Waals surface area contributed by atoms with Gasteiger partial charge in [0, 0.05) is 49.6 Å². The normalized spacial score (nSPS) is 9.72. The molecule has 0 rings (SSSR count). The predicted molar refractivity (Wildman–Crippen MR) is 58.4 cm³/mol. The van der Waals surface area contributed by atoms with Crippen molar-refractivity contribution in [3.63, 3.8) is 0 Å². The number of carbonyl (C=O) groups is 6. The summed E-state index contributed by atoms with van der Waals surface area (Å²) in [6.07, 6.45) is -5.43. The van der Waals surface area contributed by atoms with E-state index >= 15 is 0 Å². The minimum atomic E-state index is -2.97. The average Bonchev–Trinajstić information content (AvgIpc) is 2.34. The Balaban J connectivity index is -0.000000120. The zero-order valence-corrected chi connectivity index (χ0v) is 16.6. The summed E-state index contributed by atoms with van der Waals surface area (Å²) in [6.45, 7) is 0. The summed E-state index contributed by atoms with van der Waals surface area (Å²) in [5.41, 5.74) is -5.95. The zero-order valence-electron chi connectivity index (χ0n) is 13.6. The molecule has 14 nitrogen and oxygen atoms in total. The molecule has 0 amide bonds. The van der Waals surface area contributed by atoms with E-state index in [4.69, 9.17) is 10.2 Å². The molecule has 1 radical (unpaired) electrons. The molecule has 2 N–H and O–H groups in total. The second-order valence-electron chi connectivity index (χ2n) is 4.83. The van der Waals surface area contributed by atoms with E-state index in [9.17, 15) is 59.4 Å². The molecule has 0 heterocycles. The van der Waals surface area contributed by atoms with E-state index < -0.39 is 72.7 Å². The number of aliphatic carboxylic acids is 6. The second-order valence-corrected chi connectivity index (χ2v) is 4.83. The Morgan fingerprint density at radius 2 is 0.655 bits per heavy atom. The van der Waals surface area contributed by atoms with Crippen LogP contribution in [-0.2, 0) is 78.5 Å². The van der Waals surface area contributed by atoms with Crippen LogP contribution < -0.4 is 30.6 Å². The van der Waals surface area contributed by atoms with Gasteiger partial charge in [-0.05, 0) is 0 Å². The van der Waals surface area contributed by atoms with Gasteiger partial charge in [0.15, 0.2) is 0 Å². The number of aliphatic hydroxyl groups is 2. The van der Waals surface area contributed by atoms with E-state index in [2.05, 4.69) is 0 Å². The van der Waals surface area contributed by atoms with E-state index in [0.717, 1.165) is 0 Å². The fourth-order valence-electron chi connectivity index (χ4n) is 1.37. The molecule has 0 aromatic rings. The maximum absolute atomic E-state index is 10.1. The van der Waals surface area contributed by atoms with Crippen LogP contribution in [0.4, 0.5) is 0 Å². The summed E-state index contributed by atoms with van der Waals surface area (Å²) >= 11 is 0. The van der Waals surface area contributed by atoms with Gasteiger partial charge in [-0.25, -0.2) is 0 Å². The molecule has 17 heteroatoms. The smallest absolute Gasteiger partial charge is 0.550 e. The molecule has 0 bridgehead atoms. The van der Waals surface area contributed by atoms with Gasteiger partial charge in [0.1, 0.15) is 11.2 Å². The molecule has 0 aliphatic heterocycles. The predicted octanol–water partition coefficient (Wildman–Crippen LogP) is -10.5. The van der Waals surface area contributed by atoms with Crippen molar-refractivity contribution >= 4 is 35.8 Å². The molecule has 0 spiro atoms. The van der Waals surface area contributed by atoms with Crippen LogP contribution in [0.3, 0.4) is 0 Å². The van der Waals surface area contributed by atoms with Crippen molar-refractivity contribution < 1.29 is 119 Å². The van der Waals surface area contributed by atoms with Crippen molar-refractivity contribution in [3.8, 4) is 0 Å². The molecule has 0 saturated carbocycles. The third kappa shape index (κ3) is 16.9. The zero-order chi connectivity index (χ0) is 21.3. The Morgan fingerprint density at radius 3 is 0.724 bits per heavy atom. The molecule has 171 valence electrons. The van der Waals surface area contributed by atoms with Crippen LogP contribution in [0.15, 0.2) is 0 Å². The van der Waals surface area contributed by atoms with Gasteiger partial charge in [-0.15, -0.1) is 0 Å². The third-order valence-electron chi connectivity index (χ3n) is 2.51. The Hall–Kier alpha value is -1.77. The average molecular weight is 555 g/mol. The number of hydrogen-bond acceptors (Lipinski definition) is 14. The number of carbonyl (C=O) groups excluding carboxylic acids is 6. The quantitative estimate of drug-likeness (QED) is 0.237. The Labute approximate surface area is 191 Å². The van der Waals surface area contributed by atoms with Crippen LogP contribution in [0.1, 0.15) is 25.7 Å². The minimum Gasteiger partial charge on any atom is -0.550 e. The van der Waals surface area contributed by atoms with E-state index in [1.54, 1.807) is 0 Å². The summed E-state index contributed by atoms with van der Waals surface area (Å²) in [5, 5.41) is 77.9. The molecule has 0 aromatic heterocycles. The topological polar surface area (TPSA) is 281 Å². The monoisotopic (exact) mass is 553 g/mol. The largest absolute Gasteiger partial charge is 2.00 e. The molecule has 0 saturated heterocycles. The molecule has 0 aliphatic carbocycles. The molecule has 29 heavy (non-hydrogen) atoms. The van der Waals surface area contributed by atoms with Gasteiger partial charge in [-0.3, -0.25) is 0 Å². The molecule has 0 aromatic carbocycles. The molecular weight excluding hydrogens is 544 g/mol. The van der Waals surface area contributed by atoms with Gasteiger partial charge in [-0.1, -0.05) is 0 Å². The van der Waals surface area contributed by atoms with Crippen LogP contribution in [0.25, 0.3) is 0 Å². The first-order valence-corrected chi connectivity index (χ1v) is 6.23. The van der Waals surface area contributed by atoms with Crippen molar-refractivity contribution in [1.82, 2.24) is 0 Å². The van der Waals surface area contributed by atoms with E-state index in [-0.39, 0.29) is 49.8 Å². The first-order valence-electron chi connectivity index (χ1n) is 6.23. The van der Waals surface area contributed by atoms with Crippen molar-refractivity contribution in [1.29, 1.82) is 0 Å². The summed E-state index contributed by atoms with van der Waals surface area (Å²) in [5.74, 6) is -12.0. The van der Waals surface area contributed by atoms with Crippen LogP contribution in [0.5, 0.6) is 0 Å². The standard InChI is InChI=1S/2C6H8O7.Co.2Ni/c2*7-3(8)1-6(13,5(11)12)2-4(9)10;;;/h2*13H,1-2H2,(H,7,8)(H,9,10)(H,11,12);;;/q;;3*+2/p-6. The van der Waals surface area contributed by atoms with Crippen LogP contribution >= 0.6 is 0 Å². The van der Waals surface area contributed by atoms with Gasteiger partial charge in [0.05, 0.1) is 11.9 Å².